The maximum Gasteiger partial charge on any atom is 0.220 e. The van der Waals surface area contributed by atoms with Crippen LogP contribution in [0.4, 0.5) is 0 Å². The van der Waals surface area contributed by atoms with Gasteiger partial charge in [-0.15, -0.1) is 0 Å². The van der Waals surface area contributed by atoms with Gasteiger partial charge in [0.05, 0.1) is 25.5 Å². The number of nitrogens with zero attached hydrogens (tertiary/aromatic N) is 1. The number of hydrogen-bond donors (Lipinski definition) is 2. The molecule has 0 saturated carbocycles. The second kappa shape index (κ2) is 10.5. The van der Waals surface area contributed by atoms with Crippen LogP contribution < -0.4 is 14.8 Å². The van der Waals surface area contributed by atoms with Crippen LogP contribution in [0.5, 0.6) is 11.5 Å². The molecule has 0 radical (unpaired) electrons. The lowest BCUT2D eigenvalue weighted by molar-refractivity contribution is -0.121. The molecule has 8 nitrogen and oxygen atoms in total. The Bertz CT molecular complexity index is 825. The summed E-state index contributed by atoms with van der Waals surface area (Å²) >= 11 is 0. The van der Waals surface area contributed by atoms with Crippen molar-refractivity contribution in [2.24, 2.45) is 0 Å². The van der Waals surface area contributed by atoms with Gasteiger partial charge in [0.1, 0.15) is 17.1 Å². The molecule has 1 aromatic rings. The molecule has 2 rings (SSSR count). The molecule has 170 valence electrons. The van der Waals surface area contributed by atoms with Crippen molar-refractivity contribution in [2.75, 3.05) is 32.6 Å². The number of aliphatic hydroxyl groups is 1. The van der Waals surface area contributed by atoms with Gasteiger partial charge in [0.2, 0.25) is 15.9 Å². The molecule has 1 heterocycles. The fraction of sp³-hybridized carbons (Fsp3) is 0.667. The van der Waals surface area contributed by atoms with E-state index in [2.05, 4.69) is 5.32 Å². The third-order valence-corrected chi connectivity index (χ3v) is 6.36. The zero-order chi connectivity index (χ0) is 22.4. The van der Waals surface area contributed by atoms with E-state index < -0.39 is 15.6 Å². The second-order valence-electron chi connectivity index (χ2n) is 8.13. The largest absolute Gasteiger partial charge is 0.494 e. The molecule has 9 heteroatoms. The summed E-state index contributed by atoms with van der Waals surface area (Å²) in [6.07, 6.45) is 3.56. The lowest BCUT2D eigenvalue weighted by Gasteiger charge is -2.41. The highest BCUT2D eigenvalue weighted by atomic mass is 32.2. The molecule has 0 saturated heterocycles. The molecule has 1 unspecified atom stereocenters. The van der Waals surface area contributed by atoms with E-state index in [1.54, 1.807) is 0 Å². The monoisotopic (exact) mass is 442 g/mol. The highest BCUT2D eigenvalue weighted by Crippen LogP contribution is 2.44. The Kier molecular flexibility index (Phi) is 8.52. The SMILES string of the molecule is CCN(C1CC(C)(C)Oc2ccc(OCCCCC(=O)NCCO)cc21)S(C)(=O)=O. The third-order valence-electron chi connectivity index (χ3n) is 5.00. The number of benzene rings is 1. The number of ether oxygens (including phenoxy) is 2. The normalized spacial score (nSPS) is 17.9. The Hall–Kier alpha value is -1.84. The molecule has 2 N–H and O–H groups in total. The van der Waals surface area contributed by atoms with Crippen LogP contribution in [0, 0.1) is 0 Å². The van der Waals surface area contributed by atoms with Crippen molar-refractivity contribution in [3.05, 3.63) is 23.8 Å². The topological polar surface area (TPSA) is 105 Å². The predicted octanol–water partition coefficient (Wildman–Crippen LogP) is 2.23. The van der Waals surface area contributed by atoms with Gasteiger partial charge in [-0.3, -0.25) is 4.79 Å². The van der Waals surface area contributed by atoms with Gasteiger partial charge in [0, 0.05) is 31.5 Å². The number of hydrogen-bond acceptors (Lipinski definition) is 6. The highest BCUT2D eigenvalue weighted by molar-refractivity contribution is 7.88. The van der Waals surface area contributed by atoms with Crippen LogP contribution in [0.25, 0.3) is 0 Å². The summed E-state index contributed by atoms with van der Waals surface area (Å²) in [5.74, 6) is 1.24. The van der Waals surface area contributed by atoms with Crippen LogP contribution in [-0.4, -0.2) is 61.9 Å². The lowest BCUT2D eigenvalue weighted by Crippen LogP contribution is -2.43. The van der Waals surface area contributed by atoms with Gasteiger partial charge in [-0.05, 0) is 44.9 Å². The molecule has 0 spiro atoms. The molecular weight excluding hydrogens is 408 g/mol. The van der Waals surface area contributed by atoms with Crippen LogP contribution in [0.3, 0.4) is 0 Å². The fourth-order valence-electron chi connectivity index (χ4n) is 3.69. The zero-order valence-electron chi connectivity index (χ0n) is 18.3. The first-order chi connectivity index (χ1) is 14.1. The van der Waals surface area contributed by atoms with Gasteiger partial charge in [-0.1, -0.05) is 6.92 Å². The second-order valence-corrected chi connectivity index (χ2v) is 10.1. The predicted molar refractivity (Wildman–Crippen MR) is 115 cm³/mol. The summed E-state index contributed by atoms with van der Waals surface area (Å²) in [7, 11) is -3.38. The first-order valence-corrected chi connectivity index (χ1v) is 12.2. The summed E-state index contributed by atoms with van der Waals surface area (Å²) in [6.45, 7) is 6.78. The molecule has 1 amide bonds. The van der Waals surface area contributed by atoms with Crippen LogP contribution in [0.15, 0.2) is 18.2 Å². The van der Waals surface area contributed by atoms with Crippen molar-refractivity contribution in [3.8, 4) is 11.5 Å². The van der Waals surface area contributed by atoms with E-state index in [4.69, 9.17) is 14.6 Å². The maximum atomic E-state index is 12.3. The summed E-state index contributed by atoms with van der Waals surface area (Å²) in [6, 6.07) is 5.19. The standard InChI is InChI=1S/C21H34N2O6S/c1-5-23(30(4,26)27)18-15-21(2,3)29-19-10-9-16(14-17(18)19)28-13-7-6-8-20(25)22-11-12-24/h9-10,14,18,24H,5-8,11-13,15H2,1-4H3,(H,22,25). The van der Waals surface area contributed by atoms with Crippen LogP contribution in [-0.2, 0) is 14.8 Å². The van der Waals surface area contributed by atoms with Crippen molar-refractivity contribution in [3.63, 3.8) is 0 Å². The summed E-state index contributed by atoms with van der Waals surface area (Å²) in [4.78, 5) is 11.5. The molecule has 1 atom stereocenters. The van der Waals surface area contributed by atoms with E-state index in [0.29, 0.717) is 50.3 Å². The first-order valence-electron chi connectivity index (χ1n) is 10.4. The average molecular weight is 443 g/mol. The van der Waals surface area contributed by atoms with Crippen molar-refractivity contribution >= 4 is 15.9 Å². The van der Waals surface area contributed by atoms with Crippen molar-refractivity contribution < 1.29 is 27.8 Å². The fourth-order valence-corrected chi connectivity index (χ4v) is 4.81. The van der Waals surface area contributed by atoms with E-state index in [1.807, 2.05) is 39.0 Å². The first kappa shape index (κ1) is 24.4. The Balaban J connectivity index is 2.05. The number of aliphatic hydroxyl groups excluding tert-OH is 1. The van der Waals surface area contributed by atoms with Gasteiger partial charge in [-0.25, -0.2) is 8.42 Å². The van der Waals surface area contributed by atoms with E-state index in [9.17, 15) is 13.2 Å². The zero-order valence-corrected chi connectivity index (χ0v) is 19.1. The summed E-state index contributed by atoms with van der Waals surface area (Å²) in [5.41, 5.74) is 0.330. The summed E-state index contributed by atoms with van der Waals surface area (Å²) in [5, 5.41) is 11.3. The minimum atomic E-state index is -3.38. The molecule has 0 fully saturated rings. The van der Waals surface area contributed by atoms with Gasteiger partial charge >= 0.3 is 0 Å². The molecule has 0 aromatic heterocycles. The lowest BCUT2D eigenvalue weighted by atomic mass is 9.89. The summed E-state index contributed by atoms with van der Waals surface area (Å²) < 4.78 is 38.1. The Morgan fingerprint density at radius 1 is 1.37 bits per heavy atom. The molecule has 1 aromatic carbocycles. The minimum Gasteiger partial charge on any atom is -0.494 e. The van der Waals surface area contributed by atoms with Gasteiger partial charge in [0.25, 0.3) is 0 Å². The van der Waals surface area contributed by atoms with E-state index in [0.717, 1.165) is 5.56 Å². The Morgan fingerprint density at radius 2 is 2.10 bits per heavy atom. The number of fused-ring (bicyclic) bond motifs is 1. The Morgan fingerprint density at radius 3 is 2.73 bits per heavy atom. The smallest absolute Gasteiger partial charge is 0.220 e. The van der Waals surface area contributed by atoms with Crippen LogP contribution >= 0.6 is 0 Å². The van der Waals surface area contributed by atoms with Gasteiger partial charge in [0.15, 0.2) is 0 Å². The molecule has 1 aliphatic heterocycles. The number of nitrogens with one attached hydrogen (secondary N) is 1. The molecular formula is C21H34N2O6S. The quantitative estimate of drug-likeness (QED) is 0.509. The van der Waals surface area contributed by atoms with Crippen molar-refractivity contribution in [1.29, 1.82) is 0 Å². The maximum absolute atomic E-state index is 12.3. The molecule has 1 aliphatic rings. The van der Waals surface area contributed by atoms with Crippen LogP contribution in [0.1, 0.15) is 58.1 Å². The average Bonchev–Trinajstić information content (AvgIpc) is 2.65. The number of amides is 1. The van der Waals surface area contributed by atoms with Crippen LogP contribution in [0.2, 0.25) is 0 Å². The van der Waals surface area contributed by atoms with E-state index in [1.165, 1.54) is 10.6 Å². The number of carbonyl (C=O) groups is 1. The third kappa shape index (κ3) is 6.85. The molecule has 0 bridgehead atoms. The number of sulfonamides is 1. The molecule has 0 aliphatic carbocycles. The van der Waals surface area contributed by atoms with Crippen molar-refractivity contribution in [1.82, 2.24) is 9.62 Å². The van der Waals surface area contributed by atoms with E-state index >= 15 is 0 Å². The van der Waals surface area contributed by atoms with Crippen molar-refractivity contribution in [2.45, 2.75) is 58.1 Å². The Labute approximate surface area is 179 Å². The number of carbonyl (C=O) groups excluding carboxylic acids is 1. The van der Waals surface area contributed by atoms with Gasteiger partial charge < -0.3 is 19.9 Å². The van der Waals surface area contributed by atoms with Gasteiger partial charge in [-0.2, -0.15) is 4.31 Å². The number of unbranched alkanes of at least 4 members (excludes halogenated alkanes) is 1. The highest BCUT2D eigenvalue weighted by Gasteiger charge is 2.39. The number of rotatable bonds is 11. The van der Waals surface area contributed by atoms with E-state index in [-0.39, 0.29) is 25.1 Å². The molecule has 30 heavy (non-hydrogen) atoms. The minimum absolute atomic E-state index is 0.0656.